The molecular weight excluding hydrogens is 306 g/mol. The molecule has 4 nitrogen and oxygen atoms in total. The minimum absolute atomic E-state index is 0.117. The molecule has 0 aliphatic heterocycles. The highest BCUT2D eigenvalue weighted by Crippen LogP contribution is 2.18. The van der Waals surface area contributed by atoms with Gasteiger partial charge >= 0.3 is 0 Å². The summed E-state index contributed by atoms with van der Waals surface area (Å²) >= 11 is 5.15. The lowest BCUT2D eigenvalue weighted by Gasteiger charge is -2.25. The van der Waals surface area contributed by atoms with Crippen molar-refractivity contribution in [2.24, 2.45) is 0 Å². The van der Waals surface area contributed by atoms with Crippen LogP contribution in [0.2, 0.25) is 0 Å². The lowest BCUT2D eigenvalue weighted by atomic mass is 10.0. The fraction of sp³-hybridized carbons (Fsp3) is 0.333. The highest BCUT2D eigenvalue weighted by molar-refractivity contribution is 7.71. The van der Waals surface area contributed by atoms with E-state index in [1.165, 1.54) is 11.1 Å². The average molecular weight is 329 g/mol. The number of benzene rings is 1. The van der Waals surface area contributed by atoms with Crippen LogP contribution in [0.15, 0.2) is 42.6 Å². The summed E-state index contributed by atoms with van der Waals surface area (Å²) in [5, 5.41) is 2.98. The summed E-state index contributed by atoms with van der Waals surface area (Å²) in [6.07, 6.45) is 2.74. The number of likely N-dealkylation sites (N-methyl/N-ethyl adjacent to an activating group) is 1. The Morgan fingerprint density at radius 2 is 1.96 bits per heavy atom. The number of hydrogen-bond acceptors (Lipinski definition) is 3. The maximum absolute atomic E-state index is 12.3. The highest BCUT2D eigenvalue weighted by Gasteiger charge is 2.16. The van der Waals surface area contributed by atoms with Gasteiger partial charge in [-0.25, -0.2) is 0 Å². The van der Waals surface area contributed by atoms with Crippen LogP contribution in [0, 0.1) is 4.64 Å². The number of carbonyl (C=O) groups excluding carboxylic acids is 1. The molecule has 1 atom stereocenters. The number of nitrogens with zero attached hydrogens (tertiary/aromatic N) is 1. The van der Waals surface area contributed by atoms with Crippen molar-refractivity contribution in [2.45, 2.75) is 19.4 Å². The molecule has 0 saturated heterocycles. The fourth-order valence-corrected chi connectivity index (χ4v) is 2.69. The summed E-state index contributed by atoms with van der Waals surface area (Å²) in [5.74, 6) is -0.149. The molecule has 0 spiro atoms. The van der Waals surface area contributed by atoms with Crippen LogP contribution in [-0.2, 0) is 6.42 Å². The molecule has 2 aromatic rings. The van der Waals surface area contributed by atoms with E-state index in [-0.39, 0.29) is 11.9 Å². The molecule has 5 heteroatoms. The van der Waals surface area contributed by atoms with Gasteiger partial charge in [-0.1, -0.05) is 43.4 Å². The van der Waals surface area contributed by atoms with Crippen molar-refractivity contribution < 1.29 is 4.79 Å². The highest BCUT2D eigenvalue weighted by atomic mass is 32.1. The molecule has 2 rings (SSSR count). The molecular formula is C18H23N3OS. The van der Waals surface area contributed by atoms with Crippen molar-refractivity contribution in [2.75, 3.05) is 20.6 Å². The second-order valence-corrected chi connectivity index (χ2v) is 6.11. The van der Waals surface area contributed by atoms with Gasteiger partial charge in [0.25, 0.3) is 5.91 Å². The molecule has 2 N–H and O–H groups in total. The van der Waals surface area contributed by atoms with Crippen LogP contribution in [0.4, 0.5) is 0 Å². The number of aromatic amines is 1. The van der Waals surface area contributed by atoms with E-state index in [0.29, 0.717) is 16.7 Å². The molecule has 0 bridgehead atoms. The van der Waals surface area contributed by atoms with Gasteiger partial charge in [0.15, 0.2) is 0 Å². The number of nitrogens with one attached hydrogen (secondary N) is 2. The Morgan fingerprint density at radius 3 is 2.52 bits per heavy atom. The van der Waals surface area contributed by atoms with Gasteiger partial charge in [0.2, 0.25) is 0 Å². The molecule has 122 valence electrons. The second kappa shape index (κ2) is 8.04. The van der Waals surface area contributed by atoms with E-state index < -0.39 is 0 Å². The van der Waals surface area contributed by atoms with Crippen LogP contribution >= 0.6 is 12.2 Å². The van der Waals surface area contributed by atoms with Gasteiger partial charge in [-0.2, -0.15) is 0 Å². The molecule has 0 aliphatic carbocycles. The maximum Gasteiger partial charge on any atom is 0.254 e. The van der Waals surface area contributed by atoms with Crippen LogP contribution in [0.3, 0.4) is 0 Å². The molecule has 1 amide bonds. The summed E-state index contributed by atoms with van der Waals surface area (Å²) < 4.78 is 0.457. The first-order valence-electron chi connectivity index (χ1n) is 7.74. The number of amides is 1. The lowest BCUT2D eigenvalue weighted by molar-refractivity contribution is 0.0941. The Morgan fingerprint density at radius 1 is 1.26 bits per heavy atom. The summed E-state index contributed by atoms with van der Waals surface area (Å²) in [4.78, 5) is 17.3. The second-order valence-electron chi connectivity index (χ2n) is 5.70. The van der Waals surface area contributed by atoms with Gasteiger partial charge in [-0.05, 0) is 43.8 Å². The average Bonchev–Trinajstić information content (AvgIpc) is 2.55. The third kappa shape index (κ3) is 4.50. The van der Waals surface area contributed by atoms with E-state index in [1.54, 1.807) is 18.3 Å². The number of rotatable bonds is 6. The van der Waals surface area contributed by atoms with Crippen molar-refractivity contribution >= 4 is 18.1 Å². The minimum atomic E-state index is -0.149. The normalized spacial score (nSPS) is 12.2. The molecule has 1 aromatic carbocycles. The topological polar surface area (TPSA) is 48.1 Å². The summed E-state index contributed by atoms with van der Waals surface area (Å²) in [6, 6.07) is 12.2. The first-order valence-corrected chi connectivity index (χ1v) is 8.15. The number of H-pyrrole nitrogens is 1. The fourth-order valence-electron chi connectivity index (χ4n) is 2.46. The molecule has 1 aromatic heterocycles. The minimum Gasteiger partial charge on any atom is -0.352 e. The Balaban J connectivity index is 2.09. The van der Waals surface area contributed by atoms with E-state index >= 15 is 0 Å². The van der Waals surface area contributed by atoms with Crippen molar-refractivity contribution in [1.82, 2.24) is 15.2 Å². The molecule has 0 fully saturated rings. The smallest absolute Gasteiger partial charge is 0.254 e. The first-order chi connectivity index (χ1) is 11.0. The quantitative estimate of drug-likeness (QED) is 0.799. The van der Waals surface area contributed by atoms with E-state index in [2.05, 4.69) is 46.4 Å². The molecule has 1 heterocycles. The first kappa shape index (κ1) is 17.4. The zero-order chi connectivity index (χ0) is 16.8. The van der Waals surface area contributed by atoms with Gasteiger partial charge in [0.05, 0.1) is 11.6 Å². The van der Waals surface area contributed by atoms with E-state index in [4.69, 9.17) is 12.2 Å². The van der Waals surface area contributed by atoms with Gasteiger partial charge in [-0.15, -0.1) is 0 Å². The monoisotopic (exact) mass is 329 g/mol. The van der Waals surface area contributed by atoms with Gasteiger partial charge < -0.3 is 15.2 Å². The van der Waals surface area contributed by atoms with Gasteiger partial charge in [-0.3, -0.25) is 4.79 Å². The van der Waals surface area contributed by atoms with Crippen LogP contribution < -0.4 is 5.32 Å². The molecule has 0 aliphatic rings. The predicted octanol–water partition coefficient (Wildman–Crippen LogP) is 3.34. The summed E-state index contributed by atoms with van der Waals surface area (Å²) in [6.45, 7) is 2.67. The third-order valence-electron chi connectivity index (χ3n) is 3.91. The number of hydrogen-bond donors (Lipinski definition) is 2. The molecule has 0 saturated carbocycles. The Kier molecular flexibility index (Phi) is 6.07. The standard InChI is InChI=1S/C18H23N3OS/c1-4-13-7-9-14(10-8-13)16(21(2)3)12-20-17(22)15-6-5-11-19-18(15)23/h5-11,16H,4,12H2,1-3H3,(H,19,23)(H,20,22). The third-order valence-corrected chi connectivity index (χ3v) is 4.25. The molecule has 23 heavy (non-hydrogen) atoms. The number of carbonyl (C=O) groups is 1. The van der Waals surface area contributed by atoms with Gasteiger partial charge in [0.1, 0.15) is 4.64 Å². The summed E-state index contributed by atoms with van der Waals surface area (Å²) in [7, 11) is 4.03. The van der Waals surface area contributed by atoms with E-state index in [0.717, 1.165) is 6.42 Å². The van der Waals surface area contributed by atoms with Crippen LogP contribution in [0.1, 0.15) is 34.5 Å². The zero-order valence-corrected chi connectivity index (χ0v) is 14.6. The van der Waals surface area contributed by atoms with Crippen molar-refractivity contribution in [3.8, 4) is 0 Å². The number of aryl methyl sites for hydroxylation is 1. The van der Waals surface area contributed by atoms with Crippen molar-refractivity contribution in [3.05, 3.63) is 63.9 Å². The Labute approximate surface area is 142 Å². The lowest BCUT2D eigenvalue weighted by Crippen LogP contribution is -2.34. The number of aromatic nitrogens is 1. The number of pyridine rings is 1. The van der Waals surface area contributed by atoms with E-state index in [9.17, 15) is 4.79 Å². The molecule has 1 unspecified atom stereocenters. The molecule has 0 radical (unpaired) electrons. The van der Waals surface area contributed by atoms with Crippen molar-refractivity contribution in [1.29, 1.82) is 0 Å². The Bertz CT molecular complexity index is 707. The predicted molar refractivity (Wildman–Crippen MR) is 96.2 cm³/mol. The Hall–Kier alpha value is -1.98. The maximum atomic E-state index is 12.3. The largest absolute Gasteiger partial charge is 0.352 e. The SMILES string of the molecule is CCc1ccc(C(CNC(=O)c2ccc[nH]c2=S)N(C)C)cc1. The van der Waals surface area contributed by atoms with Gasteiger partial charge in [0, 0.05) is 12.7 Å². The zero-order valence-electron chi connectivity index (χ0n) is 13.8. The van der Waals surface area contributed by atoms with E-state index in [1.807, 2.05) is 14.1 Å². The van der Waals surface area contributed by atoms with Crippen molar-refractivity contribution in [3.63, 3.8) is 0 Å². The van der Waals surface area contributed by atoms with Crippen LogP contribution in [0.25, 0.3) is 0 Å². The van der Waals surface area contributed by atoms with Crippen LogP contribution in [-0.4, -0.2) is 36.4 Å². The van der Waals surface area contributed by atoms with Crippen LogP contribution in [0.5, 0.6) is 0 Å². The summed E-state index contributed by atoms with van der Waals surface area (Å²) in [5.41, 5.74) is 3.00.